The van der Waals surface area contributed by atoms with Crippen LogP contribution in [0.2, 0.25) is 0 Å². The van der Waals surface area contributed by atoms with Crippen LogP contribution in [0.25, 0.3) is 11.4 Å². The molecule has 172 valence electrons. The number of rotatable bonds is 5. The first-order valence-electron chi connectivity index (χ1n) is 11.7. The number of morpholine rings is 1. The van der Waals surface area contributed by atoms with Crippen molar-refractivity contribution in [1.29, 1.82) is 0 Å². The van der Waals surface area contributed by atoms with Crippen LogP contribution in [0.5, 0.6) is 0 Å². The molecule has 1 atom stereocenters. The third-order valence-corrected chi connectivity index (χ3v) is 6.89. The van der Waals surface area contributed by atoms with E-state index in [0.29, 0.717) is 44.1 Å². The van der Waals surface area contributed by atoms with Crippen LogP contribution in [0.3, 0.4) is 0 Å². The zero-order valence-electron chi connectivity index (χ0n) is 18.7. The number of urea groups is 1. The Hall–Kier alpha value is -3.20. The normalized spacial score (nSPS) is 24.2. The number of carbonyl (C=O) groups is 2. The Morgan fingerprint density at radius 2 is 2.00 bits per heavy atom. The van der Waals surface area contributed by atoms with Gasteiger partial charge in [0.15, 0.2) is 11.6 Å². The lowest BCUT2D eigenvalue weighted by molar-refractivity contribution is -0.127. The molecule has 4 aliphatic rings. The van der Waals surface area contributed by atoms with Crippen LogP contribution in [0.15, 0.2) is 30.5 Å². The molecule has 1 aromatic heterocycles. The molecule has 3 heterocycles. The van der Waals surface area contributed by atoms with Crippen molar-refractivity contribution in [2.24, 2.45) is 5.92 Å². The van der Waals surface area contributed by atoms with Crippen molar-refractivity contribution in [3.05, 3.63) is 30.5 Å². The van der Waals surface area contributed by atoms with Crippen LogP contribution < -0.4 is 20.4 Å². The van der Waals surface area contributed by atoms with E-state index in [4.69, 9.17) is 9.72 Å². The fraction of sp³-hybridized carbons (Fsp3) is 0.500. The van der Waals surface area contributed by atoms with Gasteiger partial charge >= 0.3 is 6.03 Å². The highest BCUT2D eigenvalue weighted by Gasteiger charge is 2.51. The predicted octanol–water partition coefficient (Wildman–Crippen LogP) is 2.78. The molecule has 0 radical (unpaired) electrons. The van der Waals surface area contributed by atoms with E-state index in [1.165, 1.54) is 0 Å². The van der Waals surface area contributed by atoms with E-state index < -0.39 is 5.54 Å². The Labute approximate surface area is 192 Å². The second-order valence-corrected chi connectivity index (χ2v) is 9.69. The monoisotopic (exact) mass is 448 g/mol. The number of hydrogen-bond acceptors (Lipinski definition) is 6. The number of nitrogens with one attached hydrogen (secondary N) is 2. The van der Waals surface area contributed by atoms with E-state index in [2.05, 4.69) is 20.5 Å². The molecule has 2 saturated carbocycles. The lowest BCUT2D eigenvalue weighted by atomic mass is 9.93. The van der Waals surface area contributed by atoms with Crippen LogP contribution in [0, 0.1) is 5.92 Å². The zero-order chi connectivity index (χ0) is 22.6. The van der Waals surface area contributed by atoms with Gasteiger partial charge in [-0.2, -0.15) is 0 Å². The maximum atomic E-state index is 13.5. The summed E-state index contributed by atoms with van der Waals surface area (Å²) in [4.78, 5) is 38.9. The summed E-state index contributed by atoms with van der Waals surface area (Å²) in [7, 11) is 0. The molecule has 6 rings (SSSR count). The first kappa shape index (κ1) is 20.4. The average molecular weight is 449 g/mol. The summed E-state index contributed by atoms with van der Waals surface area (Å²) in [5.41, 5.74) is 1.60. The molecule has 0 bridgehead atoms. The second kappa shape index (κ2) is 7.69. The SMILES string of the molecule is C[C@@]12COCCN1c1nc(-c3ccc(NC(=O)NC4CC4)cc3)ncc1N(CC1CC1)C2=O. The van der Waals surface area contributed by atoms with Gasteiger partial charge in [0.1, 0.15) is 11.2 Å². The van der Waals surface area contributed by atoms with Crippen LogP contribution >= 0.6 is 0 Å². The molecule has 2 aromatic rings. The Morgan fingerprint density at radius 3 is 2.73 bits per heavy atom. The van der Waals surface area contributed by atoms with Crippen molar-refractivity contribution in [2.45, 2.75) is 44.2 Å². The average Bonchev–Trinajstić information content (AvgIpc) is 3.74. The molecule has 1 aromatic carbocycles. The van der Waals surface area contributed by atoms with Gasteiger partial charge in [0.05, 0.1) is 19.4 Å². The molecule has 0 spiro atoms. The van der Waals surface area contributed by atoms with Crippen LogP contribution in [0.1, 0.15) is 32.6 Å². The van der Waals surface area contributed by atoms with Gasteiger partial charge in [-0.1, -0.05) is 0 Å². The summed E-state index contributed by atoms with van der Waals surface area (Å²) < 4.78 is 5.71. The van der Waals surface area contributed by atoms with E-state index in [1.807, 2.05) is 36.1 Å². The predicted molar refractivity (Wildman–Crippen MR) is 124 cm³/mol. The standard InChI is InChI=1S/C24H28N6O3/c1-24-14-33-11-10-30(24)21-19(29(22(24)31)13-15-2-3-15)12-25-20(28-21)16-4-6-17(7-5-16)26-23(32)27-18-8-9-18/h4-7,12,15,18H,2-3,8-11,13-14H2,1H3,(H2,26,27,32)/t24-/m0/s1. The molecule has 3 amide bonds. The second-order valence-electron chi connectivity index (χ2n) is 9.69. The van der Waals surface area contributed by atoms with Gasteiger partial charge in [-0.3, -0.25) is 4.79 Å². The summed E-state index contributed by atoms with van der Waals surface area (Å²) in [6.45, 7) is 4.19. The number of carbonyl (C=O) groups excluding carboxylic acids is 2. The number of nitrogens with zero attached hydrogens (tertiary/aromatic N) is 4. The number of anilines is 3. The Morgan fingerprint density at radius 1 is 1.21 bits per heavy atom. The minimum absolute atomic E-state index is 0.0675. The maximum absolute atomic E-state index is 13.5. The highest BCUT2D eigenvalue weighted by Crippen LogP contribution is 2.43. The Balaban J connectivity index is 1.30. The van der Waals surface area contributed by atoms with E-state index in [0.717, 1.165) is 48.4 Å². The lowest BCUT2D eigenvalue weighted by Gasteiger charge is -2.50. The summed E-state index contributed by atoms with van der Waals surface area (Å²) in [5.74, 6) is 2.01. The quantitative estimate of drug-likeness (QED) is 0.730. The number of fused-ring (bicyclic) bond motifs is 3. The summed E-state index contributed by atoms with van der Waals surface area (Å²) in [6.07, 6.45) is 6.20. The fourth-order valence-corrected chi connectivity index (χ4v) is 4.59. The molecule has 3 fully saturated rings. The molecule has 0 unspecified atom stereocenters. The van der Waals surface area contributed by atoms with Gasteiger partial charge in [0.2, 0.25) is 0 Å². The number of benzene rings is 1. The Kier molecular flexibility index (Phi) is 4.76. The lowest BCUT2D eigenvalue weighted by Crippen LogP contribution is -2.67. The molecule has 9 heteroatoms. The number of aromatic nitrogens is 2. The molecule has 1 saturated heterocycles. The first-order valence-corrected chi connectivity index (χ1v) is 11.7. The minimum Gasteiger partial charge on any atom is -0.377 e. The number of ether oxygens (including phenoxy) is 1. The molecule has 2 aliphatic heterocycles. The van der Waals surface area contributed by atoms with Gasteiger partial charge in [0.25, 0.3) is 5.91 Å². The maximum Gasteiger partial charge on any atom is 0.319 e. The fourth-order valence-electron chi connectivity index (χ4n) is 4.59. The highest BCUT2D eigenvalue weighted by atomic mass is 16.5. The van der Waals surface area contributed by atoms with Gasteiger partial charge in [-0.25, -0.2) is 14.8 Å². The molecular weight excluding hydrogens is 420 g/mol. The smallest absolute Gasteiger partial charge is 0.319 e. The van der Waals surface area contributed by atoms with Crippen molar-refractivity contribution in [3.63, 3.8) is 0 Å². The van der Waals surface area contributed by atoms with Gasteiger partial charge < -0.3 is 25.2 Å². The molecule has 2 N–H and O–H groups in total. The summed E-state index contributed by atoms with van der Waals surface area (Å²) in [5, 5.41) is 5.78. The van der Waals surface area contributed by atoms with Crippen molar-refractivity contribution in [3.8, 4) is 11.4 Å². The van der Waals surface area contributed by atoms with E-state index in [9.17, 15) is 9.59 Å². The van der Waals surface area contributed by atoms with Gasteiger partial charge in [-0.05, 0) is 62.8 Å². The van der Waals surface area contributed by atoms with Gasteiger partial charge in [-0.15, -0.1) is 0 Å². The van der Waals surface area contributed by atoms with Crippen LogP contribution in [-0.2, 0) is 9.53 Å². The van der Waals surface area contributed by atoms with E-state index >= 15 is 0 Å². The zero-order valence-corrected chi connectivity index (χ0v) is 18.7. The highest BCUT2D eigenvalue weighted by molar-refractivity contribution is 6.08. The topological polar surface area (TPSA) is 99.7 Å². The minimum atomic E-state index is -0.755. The van der Waals surface area contributed by atoms with Gasteiger partial charge in [0, 0.05) is 30.4 Å². The molecular formula is C24H28N6O3. The van der Waals surface area contributed by atoms with Crippen molar-refractivity contribution in [1.82, 2.24) is 15.3 Å². The summed E-state index contributed by atoms with van der Waals surface area (Å²) >= 11 is 0. The van der Waals surface area contributed by atoms with Crippen molar-refractivity contribution in [2.75, 3.05) is 41.4 Å². The first-order chi connectivity index (χ1) is 16.0. The Bertz CT molecular complexity index is 1100. The largest absolute Gasteiger partial charge is 0.377 e. The van der Waals surface area contributed by atoms with Crippen LogP contribution in [-0.4, -0.2) is 59.8 Å². The number of hydrogen-bond donors (Lipinski definition) is 2. The third kappa shape index (κ3) is 3.80. The third-order valence-electron chi connectivity index (χ3n) is 6.89. The molecule has 2 aliphatic carbocycles. The van der Waals surface area contributed by atoms with E-state index in [1.54, 1.807) is 6.20 Å². The summed E-state index contributed by atoms with van der Waals surface area (Å²) in [6, 6.07) is 7.65. The molecule has 33 heavy (non-hydrogen) atoms. The van der Waals surface area contributed by atoms with Crippen molar-refractivity contribution < 1.29 is 14.3 Å². The van der Waals surface area contributed by atoms with Crippen molar-refractivity contribution >= 4 is 29.1 Å². The van der Waals surface area contributed by atoms with Crippen LogP contribution in [0.4, 0.5) is 22.0 Å². The number of amides is 3. The van der Waals surface area contributed by atoms with E-state index in [-0.39, 0.29) is 11.9 Å². The molecule has 9 nitrogen and oxygen atoms in total.